The zero-order valence-corrected chi connectivity index (χ0v) is 23.9. The largest absolute Gasteiger partial charge is 0.359 e. The van der Waals surface area contributed by atoms with Crippen LogP contribution in [0.2, 0.25) is 0 Å². The van der Waals surface area contributed by atoms with Crippen LogP contribution in [0.15, 0.2) is 103 Å². The lowest BCUT2D eigenvalue weighted by Crippen LogP contribution is -2.23. The fourth-order valence-corrected chi connectivity index (χ4v) is 7.39. The number of anilines is 3. The van der Waals surface area contributed by atoms with Gasteiger partial charge in [0.2, 0.25) is 0 Å². The number of hydrogen-bond acceptors (Lipinski definition) is 4. The van der Waals surface area contributed by atoms with Crippen LogP contribution in [0.25, 0.3) is 42.0 Å². The van der Waals surface area contributed by atoms with Gasteiger partial charge in [0.15, 0.2) is 0 Å². The van der Waals surface area contributed by atoms with E-state index in [1.807, 2.05) is 12.1 Å². The van der Waals surface area contributed by atoms with E-state index in [-0.39, 0.29) is 17.4 Å². The predicted octanol–water partition coefficient (Wildman–Crippen LogP) is 10.5. The molecule has 0 radical (unpaired) electrons. The van der Waals surface area contributed by atoms with Gasteiger partial charge in [0.25, 0.3) is 0 Å². The number of nitrogens with zero attached hydrogens (tertiary/aromatic N) is 2. The summed E-state index contributed by atoms with van der Waals surface area (Å²) in [5.41, 5.74) is 6.67. The molecule has 8 rings (SSSR count). The van der Waals surface area contributed by atoms with Gasteiger partial charge in [-0.3, -0.25) is 0 Å². The van der Waals surface area contributed by atoms with Crippen LogP contribution in [0, 0.1) is 5.82 Å². The molecule has 3 nitrogen and oxygen atoms in total. The molecule has 2 aromatic heterocycles. The van der Waals surface area contributed by atoms with Gasteiger partial charge in [0, 0.05) is 37.5 Å². The monoisotopic (exact) mass is 553 g/mol. The molecule has 0 bridgehead atoms. The van der Waals surface area contributed by atoms with Crippen molar-refractivity contribution >= 4 is 70.4 Å². The van der Waals surface area contributed by atoms with Gasteiger partial charge in [-0.1, -0.05) is 87.5 Å². The Kier molecular flexibility index (Phi) is 5.20. The fourth-order valence-electron chi connectivity index (χ4n) is 6.19. The van der Waals surface area contributed by atoms with Crippen molar-refractivity contribution in [2.45, 2.75) is 32.4 Å². The maximum atomic E-state index is 14.7. The van der Waals surface area contributed by atoms with E-state index in [0.29, 0.717) is 10.9 Å². The summed E-state index contributed by atoms with van der Waals surface area (Å²) in [7, 11) is 0. The summed E-state index contributed by atoms with van der Waals surface area (Å²) < 4.78 is 15.9. The molecular formula is C36H28FN3S. The molecule has 1 aliphatic rings. The number of fused-ring (bicyclic) bond motifs is 7. The number of aromatic nitrogens is 1. The van der Waals surface area contributed by atoms with Crippen molar-refractivity contribution < 1.29 is 4.39 Å². The van der Waals surface area contributed by atoms with E-state index in [1.165, 1.54) is 28.0 Å². The number of thiophene rings is 1. The molecule has 1 unspecified atom stereocenters. The Labute approximate surface area is 241 Å². The first-order valence-electron chi connectivity index (χ1n) is 14.0. The van der Waals surface area contributed by atoms with Crippen LogP contribution in [0.4, 0.5) is 21.5 Å². The molecule has 1 N–H and O–H groups in total. The summed E-state index contributed by atoms with van der Waals surface area (Å²) in [6, 6.07) is 35.5. The molecule has 0 saturated carbocycles. The highest BCUT2D eigenvalue weighted by Gasteiger charge is 2.34. The Hall–Kier alpha value is -4.48. The molecule has 0 amide bonds. The van der Waals surface area contributed by atoms with Crippen molar-refractivity contribution in [1.29, 1.82) is 0 Å². The molecule has 1 aliphatic heterocycles. The van der Waals surface area contributed by atoms with Crippen molar-refractivity contribution in [1.82, 2.24) is 4.98 Å². The lowest BCUT2D eigenvalue weighted by molar-refractivity contribution is 0.590. The van der Waals surface area contributed by atoms with Gasteiger partial charge >= 0.3 is 0 Å². The summed E-state index contributed by atoms with van der Waals surface area (Å²) in [6.45, 7) is 6.74. The molecule has 0 fully saturated rings. The van der Waals surface area contributed by atoms with Crippen LogP contribution >= 0.6 is 11.3 Å². The third-order valence-electron chi connectivity index (χ3n) is 8.32. The van der Waals surface area contributed by atoms with Crippen LogP contribution < -0.4 is 10.2 Å². The van der Waals surface area contributed by atoms with Crippen LogP contribution in [0.3, 0.4) is 0 Å². The van der Waals surface area contributed by atoms with Crippen molar-refractivity contribution in [2.75, 3.05) is 10.2 Å². The second-order valence-corrected chi connectivity index (χ2v) is 12.9. The maximum Gasteiger partial charge on any atom is 0.132 e. The van der Waals surface area contributed by atoms with Crippen LogP contribution in [0.1, 0.15) is 38.1 Å². The minimum atomic E-state index is -0.239. The molecule has 41 heavy (non-hydrogen) atoms. The topological polar surface area (TPSA) is 28.2 Å². The fraction of sp³-hybridized carbons (Fsp3) is 0.139. The number of benzene rings is 5. The Bertz CT molecular complexity index is 2140. The van der Waals surface area contributed by atoms with Gasteiger partial charge in [0.05, 0.1) is 16.9 Å². The lowest BCUT2D eigenvalue weighted by atomic mass is 9.87. The molecular weight excluding hydrogens is 525 g/mol. The van der Waals surface area contributed by atoms with Crippen LogP contribution in [0.5, 0.6) is 0 Å². The molecule has 7 aromatic rings. The number of rotatable bonds is 2. The van der Waals surface area contributed by atoms with E-state index >= 15 is 0 Å². The van der Waals surface area contributed by atoms with Crippen molar-refractivity contribution in [3.8, 4) is 0 Å². The van der Waals surface area contributed by atoms with E-state index in [4.69, 9.17) is 4.98 Å². The summed E-state index contributed by atoms with van der Waals surface area (Å²) in [4.78, 5) is 8.22. The average Bonchev–Trinajstić information content (AvgIpc) is 3.54. The SMILES string of the molecule is CC(C)(C)c1ccc(N2c3ccc4ccccc4c3NC2c2cccc3c2sc2nc4cccc(F)c4cc23)cc1. The van der Waals surface area contributed by atoms with E-state index in [1.54, 1.807) is 17.4 Å². The third-order valence-corrected chi connectivity index (χ3v) is 9.48. The first-order valence-corrected chi connectivity index (χ1v) is 14.8. The van der Waals surface area contributed by atoms with Gasteiger partial charge in [-0.25, -0.2) is 9.37 Å². The summed E-state index contributed by atoms with van der Waals surface area (Å²) in [5.74, 6) is -0.239. The normalized spacial score (nSPS) is 15.2. The molecule has 1 atom stereocenters. The zero-order valence-electron chi connectivity index (χ0n) is 23.1. The first kappa shape index (κ1) is 24.3. The van der Waals surface area contributed by atoms with Gasteiger partial charge < -0.3 is 10.2 Å². The summed E-state index contributed by atoms with van der Waals surface area (Å²) >= 11 is 1.68. The van der Waals surface area contributed by atoms with Crippen LogP contribution in [-0.2, 0) is 5.41 Å². The second kappa shape index (κ2) is 8.76. The molecule has 0 aliphatic carbocycles. The minimum Gasteiger partial charge on any atom is -0.359 e. The lowest BCUT2D eigenvalue weighted by Gasteiger charge is -2.29. The quantitative estimate of drug-likeness (QED) is 0.231. The van der Waals surface area contributed by atoms with Gasteiger partial charge in [-0.15, -0.1) is 11.3 Å². The Morgan fingerprint density at radius 2 is 1.56 bits per heavy atom. The van der Waals surface area contributed by atoms with Crippen LogP contribution in [-0.4, -0.2) is 4.98 Å². The molecule has 0 spiro atoms. The van der Waals surface area contributed by atoms with Gasteiger partial charge in [-0.2, -0.15) is 0 Å². The maximum absolute atomic E-state index is 14.7. The number of nitrogens with one attached hydrogen (secondary N) is 1. The Morgan fingerprint density at radius 1 is 0.780 bits per heavy atom. The molecule has 5 aromatic carbocycles. The minimum absolute atomic E-state index is 0.0774. The zero-order chi connectivity index (χ0) is 27.9. The third kappa shape index (κ3) is 3.72. The Morgan fingerprint density at radius 3 is 2.39 bits per heavy atom. The first-order chi connectivity index (χ1) is 19.9. The number of pyridine rings is 1. The average molecular weight is 554 g/mol. The number of hydrogen-bond donors (Lipinski definition) is 1. The molecule has 0 saturated heterocycles. The highest BCUT2D eigenvalue weighted by molar-refractivity contribution is 7.25. The van der Waals surface area contributed by atoms with E-state index in [9.17, 15) is 4.39 Å². The van der Waals surface area contributed by atoms with E-state index in [2.05, 4.69) is 110 Å². The van der Waals surface area contributed by atoms with Crippen molar-refractivity contribution in [3.63, 3.8) is 0 Å². The predicted molar refractivity (Wildman–Crippen MR) is 172 cm³/mol. The van der Waals surface area contributed by atoms with Gasteiger partial charge in [0.1, 0.15) is 16.8 Å². The molecule has 5 heteroatoms. The van der Waals surface area contributed by atoms with E-state index < -0.39 is 0 Å². The summed E-state index contributed by atoms with van der Waals surface area (Å²) in [5, 5.41) is 8.98. The second-order valence-electron chi connectivity index (χ2n) is 11.9. The highest BCUT2D eigenvalue weighted by Crippen LogP contribution is 2.51. The van der Waals surface area contributed by atoms with Gasteiger partial charge in [-0.05, 0) is 52.8 Å². The smallest absolute Gasteiger partial charge is 0.132 e. The van der Waals surface area contributed by atoms with Crippen molar-refractivity contribution in [3.05, 3.63) is 120 Å². The Balaban J connectivity index is 1.36. The molecule has 3 heterocycles. The summed E-state index contributed by atoms with van der Waals surface area (Å²) in [6.07, 6.45) is -0.126. The van der Waals surface area contributed by atoms with E-state index in [0.717, 1.165) is 37.4 Å². The van der Waals surface area contributed by atoms with Crippen molar-refractivity contribution in [2.24, 2.45) is 0 Å². The standard InChI is InChI=1S/C36H28FN3S/c1-36(2,3)22-15-17-23(18-16-22)40-31-19-14-21-8-4-5-9-24(21)32(31)39-34(40)26-11-6-10-25-27-20-28-29(37)12-7-13-30(28)38-35(27)41-33(25)26/h4-20,34,39H,1-3H3. The number of halogens is 1. The molecule has 200 valence electrons. The highest BCUT2D eigenvalue weighted by atomic mass is 32.1.